The van der Waals surface area contributed by atoms with Crippen molar-refractivity contribution in [1.82, 2.24) is 5.32 Å². The van der Waals surface area contributed by atoms with E-state index in [4.69, 9.17) is 9.47 Å². The Labute approximate surface area is 168 Å². The van der Waals surface area contributed by atoms with Gasteiger partial charge in [-0.15, -0.1) is 0 Å². The van der Waals surface area contributed by atoms with E-state index in [0.717, 1.165) is 41.6 Å². The van der Waals surface area contributed by atoms with Crippen molar-refractivity contribution in [2.45, 2.75) is 31.4 Å². The Kier molecular flexibility index (Phi) is 4.17. The third-order valence-electron chi connectivity index (χ3n) is 5.89. The highest BCUT2D eigenvalue weighted by Gasteiger charge is 2.50. The number of rotatable bonds is 5. The summed E-state index contributed by atoms with van der Waals surface area (Å²) in [5.41, 5.74) is 5.04. The lowest BCUT2D eigenvalue weighted by molar-refractivity contribution is -0.144. The standard InChI is InChI=1S/C23H22N2O4/c1-28-22(27)23(9-10-23)24-11-8-14-6-7-16-15(12-14)13-29-20(16)19-17-4-2-3-5-18(17)25-21(19)26/h2-7,12,24H,8-11,13H2,1H3,(H,25,26). The van der Waals surface area contributed by atoms with Crippen molar-refractivity contribution in [2.24, 2.45) is 0 Å². The number of para-hydroxylation sites is 1. The number of esters is 1. The second-order valence-electron chi connectivity index (χ2n) is 7.73. The molecule has 29 heavy (non-hydrogen) atoms. The summed E-state index contributed by atoms with van der Waals surface area (Å²) in [6.45, 7) is 1.16. The number of benzene rings is 2. The van der Waals surface area contributed by atoms with E-state index in [0.29, 0.717) is 24.5 Å². The zero-order chi connectivity index (χ0) is 20.0. The number of hydrogen-bond donors (Lipinski definition) is 2. The molecule has 2 aliphatic heterocycles. The molecule has 3 aliphatic rings. The summed E-state index contributed by atoms with van der Waals surface area (Å²) in [6, 6.07) is 13.9. The fraction of sp³-hybridized carbons (Fsp3) is 0.304. The molecule has 6 nitrogen and oxygen atoms in total. The van der Waals surface area contributed by atoms with E-state index >= 15 is 0 Å². The Morgan fingerprint density at radius 3 is 2.83 bits per heavy atom. The zero-order valence-electron chi connectivity index (χ0n) is 16.2. The van der Waals surface area contributed by atoms with E-state index in [1.54, 1.807) is 0 Å². The molecule has 2 aromatic rings. The topological polar surface area (TPSA) is 76.7 Å². The Morgan fingerprint density at radius 2 is 2.03 bits per heavy atom. The summed E-state index contributed by atoms with van der Waals surface area (Å²) >= 11 is 0. The van der Waals surface area contributed by atoms with Crippen LogP contribution < -0.4 is 10.6 Å². The quantitative estimate of drug-likeness (QED) is 0.606. The van der Waals surface area contributed by atoms with Crippen LogP contribution in [0.25, 0.3) is 11.3 Å². The lowest BCUT2D eigenvalue weighted by atomic mass is 9.98. The van der Waals surface area contributed by atoms with Crippen LogP contribution in [0.15, 0.2) is 42.5 Å². The highest BCUT2D eigenvalue weighted by atomic mass is 16.5. The van der Waals surface area contributed by atoms with E-state index in [9.17, 15) is 9.59 Å². The summed E-state index contributed by atoms with van der Waals surface area (Å²) in [6.07, 6.45) is 2.47. The Morgan fingerprint density at radius 1 is 1.21 bits per heavy atom. The van der Waals surface area contributed by atoms with Gasteiger partial charge in [0.05, 0.1) is 12.7 Å². The average molecular weight is 390 g/mol. The number of amides is 1. The first kappa shape index (κ1) is 17.9. The van der Waals surface area contributed by atoms with Crippen molar-refractivity contribution in [3.8, 4) is 0 Å². The fourth-order valence-corrected chi connectivity index (χ4v) is 4.14. The first-order chi connectivity index (χ1) is 14.1. The van der Waals surface area contributed by atoms with Gasteiger partial charge < -0.3 is 20.1 Å². The molecule has 1 amide bonds. The Bertz CT molecular complexity index is 1050. The first-order valence-electron chi connectivity index (χ1n) is 9.85. The molecular formula is C23H22N2O4. The number of carbonyl (C=O) groups is 2. The van der Waals surface area contributed by atoms with Crippen LogP contribution in [0.5, 0.6) is 0 Å². The molecular weight excluding hydrogens is 368 g/mol. The monoisotopic (exact) mass is 390 g/mol. The maximum Gasteiger partial charge on any atom is 0.326 e. The van der Waals surface area contributed by atoms with Crippen LogP contribution in [0.4, 0.5) is 5.69 Å². The third-order valence-corrected chi connectivity index (χ3v) is 5.89. The average Bonchev–Trinajstić information content (AvgIpc) is 3.30. The maximum absolute atomic E-state index is 12.5. The molecule has 5 rings (SSSR count). The summed E-state index contributed by atoms with van der Waals surface area (Å²) in [4.78, 5) is 24.3. The molecule has 0 unspecified atom stereocenters. The van der Waals surface area contributed by atoms with Gasteiger partial charge in [-0.1, -0.05) is 36.4 Å². The molecule has 2 heterocycles. The number of fused-ring (bicyclic) bond motifs is 2. The highest BCUT2D eigenvalue weighted by molar-refractivity contribution is 6.36. The SMILES string of the molecule is COC(=O)C1(NCCc2ccc3c(c2)COC3=C2C(=O)Nc3ccccc32)CC1. The minimum absolute atomic E-state index is 0.125. The van der Waals surface area contributed by atoms with Crippen molar-refractivity contribution in [3.63, 3.8) is 0 Å². The van der Waals surface area contributed by atoms with Crippen LogP contribution in [0.3, 0.4) is 0 Å². The van der Waals surface area contributed by atoms with Gasteiger partial charge in [-0.05, 0) is 30.9 Å². The Hall–Kier alpha value is -3.12. The second-order valence-corrected chi connectivity index (χ2v) is 7.73. The summed E-state index contributed by atoms with van der Waals surface area (Å²) in [5.74, 6) is 0.348. The van der Waals surface area contributed by atoms with Gasteiger partial charge in [-0.2, -0.15) is 0 Å². The maximum atomic E-state index is 12.5. The van der Waals surface area contributed by atoms with Gasteiger partial charge in [0, 0.05) is 28.9 Å². The highest BCUT2D eigenvalue weighted by Crippen LogP contribution is 2.41. The Balaban J connectivity index is 1.35. The van der Waals surface area contributed by atoms with Crippen molar-refractivity contribution in [1.29, 1.82) is 0 Å². The molecule has 0 spiro atoms. The third kappa shape index (κ3) is 3.00. The van der Waals surface area contributed by atoms with E-state index in [1.165, 1.54) is 12.7 Å². The van der Waals surface area contributed by atoms with Crippen LogP contribution in [0.1, 0.15) is 35.1 Å². The molecule has 148 valence electrons. The van der Waals surface area contributed by atoms with Crippen LogP contribution >= 0.6 is 0 Å². The second kappa shape index (κ2) is 6.74. The van der Waals surface area contributed by atoms with Gasteiger partial charge in [0.25, 0.3) is 5.91 Å². The van der Waals surface area contributed by atoms with Gasteiger partial charge in [0.15, 0.2) is 0 Å². The molecule has 0 atom stereocenters. The van der Waals surface area contributed by atoms with E-state index in [2.05, 4.69) is 22.8 Å². The van der Waals surface area contributed by atoms with Crippen molar-refractivity contribution < 1.29 is 19.1 Å². The number of ether oxygens (including phenoxy) is 2. The van der Waals surface area contributed by atoms with E-state index in [1.807, 2.05) is 30.3 Å². The number of methoxy groups -OCH3 is 1. The predicted octanol–water partition coefficient (Wildman–Crippen LogP) is 2.87. The lowest BCUT2D eigenvalue weighted by Crippen LogP contribution is -2.41. The summed E-state index contributed by atoms with van der Waals surface area (Å²) in [5, 5.41) is 6.24. The zero-order valence-corrected chi connectivity index (χ0v) is 16.2. The van der Waals surface area contributed by atoms with Crippen LogP contribution in [-0.4, -0.2) is 31.1 Å². The van der Waals surface area contributed by atoms with Gasteiger partial charge in [-0.25, -0.2) is 0 Å². The molecule has 0 bridgehead atoms. The van der Waals surface area contributed by atoms with Crippen molar-refractivity contribution in [2.75, 3.05) is 19.0 Å². The minimum Gasteiger partial charge on any atom is -0.487 e. The van der Waals surface area contributed by atoms with E-state index in [-0.39, 0.29) is 11.9 Å². The molecule has 0 radical (unpaired) electrons. The smallest absolute Gasteiger partial charge is 0.326 e. The molecule has 0 saturated heterocycles. The number of carbonyl (C=O) groups excluding carboxylic acids is 2. The molecule has 1 fully saturated rings. The largest absolute Gasteiger partial charge is 0.487 e. The van der Waals surface area contributed by atoms with Crippen molar-refractivity contribution >= 4 is 28.9 Å². The summed E-state index contributed by atoms with van der Waals surface area (Å²) < 4.78 is 10.8. The lowest BCUT2D eigenvalue weighted by Gasteiger charge is -2.14. The van der Waals surface area contributed by atoms with Gasteiger partial charge in [0.1, 0.15) is 17.9 Å². The van der Waals surface area contributed by atoms with Crippen molar-refractivity contribution in [3.05, 3.63) is 64.7 Å². The van der Waals surface area contributed by atoms with E-state index < -0.39 is 5.54 Å². The number of nitrogens with one attached hydrogen (secondary N) is 2. The fourth-order valence-electron chi connectivity index (χ4n) is 4.14. The van der Waals surface area contributed by atoms with Gasteiger partial charge >= 0.3 is 5.97 Å². The van der Waals surface area contributed by atoms with Crippen LogP contribution in [-0.2, 0) is 32.1 Å². The van der Waals surface area contributed by atoms with Crippen LogP contribution in [0, 0.1) is 0 Å². The molecule has 1 saturated carbocycles. The molecule has 2 N–H and O–H groups in total. The molecule has 1 aliphatic carbocycles. The molecule has 0 aromatic heterocycles. The normalized spacial score (nSPS) is 20.5. The van der Waals surface area contributed by atoms with Gasteiger partial charge in [0.2, 0.25) is 0 Å². The van der Waals surface area contributed by atoms with Gasteiger partial charge in [-0.3, -0.25) is 9.59 Å². The first-order valence-corrected chi connectivity index (χ1v) is 9.85. The molecule has 6 heteroatoms. The predicted molar refractivity (Wildman–Crippen MR) is 109 cm³/mol. The minimum atomic E-state index is -0.477. The number of hydrogen-bond acceptors (Lipinski definition) is 5. The molecule has 2 aromatic carbocycles. The number of anilines is 1. The van der Waals surface area contributed by atoms with Crippen LogP contribution in [0.2, 0.25) is 0 Å². The summed E-state index contributed by atoms with van der Waals surface area (Å²) in [7, 11) is 1.43.